The van der Waals surface area contributed by atoms with Crippen molar-refractivity contribution < 1.29 is 23.5 Å². The highest BCUT2D eigenvalue weighted by Gasteiger charge is 2.31. The van der Waals surface area contributed by atoms with Crippen LogP contribution in [0.2, 0.25) is 0 Å². The van der Waals surface area contributed by atoms with Gasteiger partial charge in [-0.25, -0.2) is 8.78 Å². The van der Waals surface area contributed by atoms with Crippen molar-refractivity contribution in [2.75, 3.05) is 11.9 Å². The molecule has 1 aromatic carbocycles. The van der Waals surface area contributed by atoms with Gasteiger partial charge in [0.25, 0.3) is 0 Å². The van der Waals surface area contributed by atoms with E-state index in [1.807, 2.05) is 19.2 Å². The van der Waals surface area contributed by atoms with Gasteiger partial charge in [0.2, 0.25) is 0 Å². The van der Waals surface area contributed by atoms with Gasteiger partial charge in [0, 0.05) is 18.0 Å². The summed E-state index contributed by atoms with van der Waals surface area (Å²) in [7, 11) is 0. The van der Waals surface area contributed by atoms with Crippen molar-refractivity contribution in [3.63, 3.8) is 0 Å². The van der Waals surface area contributed by atoms with Crippen molar-refractivity contribution in [3.8, 4) is 0 Å². The lowest BCUT2D eigenvalue weighted by Gasteiger charge is -2.33. The molecule has 0 saturated heterocycles. The minimum absolute atomic E-state index is 0.0166. The molecule has 0 aliphatic carbocycles. The summed E-state index contributed by atoms with van der Waals surface area (Å²) in [4.78, 5) is 23.5. The molecule has 0 aromatic heterocycles. The number of hydrogen-bond acceptors (Lipinski definition) is 3. The van der Waals surface area contributed by atoms with Gasteiger partial charge in [-0.1, -0.05) is 27.7 Å². The molecule has 1 atom stereocenters. The number of aliphatic hydroxyl groups is 1. The molecule has 1 rings (SSSR count). The molecule has 1 unspecified atom stereocenters. The van der Waals surface area contributed by atoms with Crippen LogP contribution in [0.5, 0.6) is 0 Å². The molecule has 0 heterocycles. The van der Waals surface area contributed by atoms with Crippen LogP contribution in [0.15, 0.2) is 18.2 Å². The Labute approximate surface area is 134 Å². The number of nitrogens with one attached hydrogen (secondary N) is 2. The molecule has 0 saturated carbocycles. The van der Waals surface area contributed by atoms with Gasteiger partial charge in [-0.2, -0.15) is 0 Å². The second-order valence-corrected chi connectivity index (χ2v) is 6.44. The first kappa shape index (κ1) is 19.0. The normalized spacial score (nSPS) is 12.9. The minimum atomic E-state index is -1.11. The molecule has 0 radical (unpaired) electrons. The van der Waals surface area contributed by atoms with E-state index >= 15 is 0 Å². The summed E-state index contributed by atoms with van der Waals surface area (Å²) in [5.74, 6) is -3.69. The lowest BCUT2D eigenvalue weighted by molar-refractivity contribution is -0.136. The van der Waals surface area contributed by atoms with Crippen molar-refractivity contribution >= 4 is 17.5 Å². The minimum Gasteiger partial charge on any atom is -0.392 e. The third kappa shape index (κ3) is 5.28. The van der Waals surface area contributed by atoms with Crippen molar-refractivity contribution in [2.24, 2.45) is 11.3 Å². The Hall–Kier alpha value is -2.02. The van der Waals surface area contributed by atoms with Crippen LogP contribution >= 0.6 is 0 Å². The van der Waals surface area contributed by atoms with E-state index < -0.39 is 40.7 Å². The highest BCUT2D eigenvalue weighted by molar-refractivity contribution is 6.39. The molecule has 3 N–H and O–H groups in total. The predicted octanol–water partition coefficient (Wildman–Crippen LogP) is 2.06. The average molecular weight is 328 g/mol. The molecule has 128 valence electrons. The number of aliphatic hydroxyl groups excluding tert-OH is 1. The fraction of sp³-hybridized carbons (Fsp3) is 0.500. The highest BCUT2D eigenvalue weighted by atomic mass is 19.1. The zero-order chi connectivity index (χ0) is 17.8. The van der Waals surface area contributed by atoms with E-state index in [9.17, 15) is 23.5 Å². The summed E-state index contributed by atoms with van der Waals surface area (Å²) in [5, 5.41) is 14.5. The van der Waals surface area contributed by atoms with Crippen molar-refractivity contribution in [3.05, 3.63) is 29.8 Å². The van der Waals surface area contributed by atoms with Crippen molar-refractivity contribution in [1.29, 1.82) is 0 Å². The van der Waals surface area contributed by atoms with Crippen LogP contribution in [0.4, 0.5) is 14.5 Å². The third-order valence-electron chi connectivity index (χ3n) is 3.52. The fourth-order valence-electron chi connectivity index (χ4n) is 2.17. The Morgan fingerprint density at radius 1 is 1.22 bits per heavy atom. The quantitative estimate of drug-likeness (QED) is 0.724. The number of hydrogen-bond donors (Lipinski definition) is 3. The van der Waals surface area contributed by atoms with Gasteiger partial charge in [0.05, 0.1) is 11.8 Å². The van der Waals surface area contributed by atoms with Crippen LogP contribution in [0.3, 0.4) is 0 Å². The zero-order valence-electron chi connectivity index (χ0n) is 13.6. The molecule has 0 aliphatic rings. The molecule has 7 heteroatoms. The van der Waals surface area contributed by atoms with Gasteiger partial charge in [-0.05, 0) is 18.1 Å². The van der Waals surface area contributed by atoms with E-state index in [1.165, 1.54) is 0 Å². The lowest BCUT2D eigenvalue weighted by atomic mass is 9.81. The number of halogens is 2. The fourth-order valence-corrected chi connectivity index (χ4v) is 2.17. The molecule has 5 nitrogen and oxygen atoms in total. The summed E-state index contributed by atoms with van der Waals surface area (Å²) in [6, 6.07) is 2.54. The van der Waals surface area contributed by atoms with Gasteiger partial charge in [0.15, 0.2) is 0 Å². The van der Waals surface area contributed by atoms with Gasteiger partial charge in [-0.3, -0.25) is 9.59 Å². The molecule has 0 bridgehead atoms. The molecule has 2 amide bonds. The molecule has 0 fully saturated rings. The van der Waals surface area contributed by atoms with Crippen LogP contribution in [-0.2, 0) is 9.59 Å². The topological polar surface area (TPSA) is 78.4 Å². The first-order valence-electron chi connectivity index (χ1n) is 7.27. The second-order valence-electron chi connectivity index (χ2n) is 6.44. The summed E-state index contributed by atoms with van der Waals surface area (Å²) in [6.07, 6.45) is -0.675. The summed E-state index contributed by atoms with van der Waals surface area (Å²) >= 11 is 0. The maximum absolute atomic E-state index is 13.4. The average Bonchev–Trinajstić information content (AvgIpc) is 2.47. The van der Waals surface area contributed by atoms with Crippen molar-refractivity contribution in [2.45, 2.75) is 33.8 Å². The number of carbonyl (C=O) groups is 2. The van der Waals surface area contributed by atoms with Crippen LogP contribution in [0.25, 0.3) is 0 Å². The van der Waals surface area contributed by atoms with Gasteiger partial charge in [-0.15, -0.1) is 0 Å². The SMILES string of the molecule is CC(C)C(O)C(C)(C)CNC(=O)C(=O)Nc1cc(F)ccc1F. The van der Waals surface area contributed by atoms with E-state index in [4.69, 9.17) is 0 Å². The van der Waals surface area contributed by atoms with Gasteiger partial charge < -0.3 is 15.7 Å². The number of carbonyl (C=O) groups excluding carboxylic acids is 2. The molecule has 23 heavy (non-hydrogen) atoms. The van der Waals surface area contributed by atoms with E-state index in [2.05, 4.69) is 5.32 Å². The number of anilines is 1. The van der Waals surface area contributed by atoms with E-state index in [1.54, 1.807) is 13.8 Å². The number of amides is 2. The first-order valence-corrected chi connectivity index (χ1v) is 7.27. The second kappa shape index (κ2) is 7.50. The van der Waals surface area contributed by atoms with Crippen LogP contribution in [-0.4, -0.2) is 29.6 Å². The highest BCUT2D eigenvalue weighted by Crippen LogP contribution is 2.25. The van der Waals surface area contributed by atoms with E-state index in [-0.39, 0.29) is 12.5 Å². The maximum Gasteiger partial charge on any atom is 0.313 e. The number of benzene rings is 1. The van der Waals surface area contributed by atoms with Crippen LogP contribution < -0.4 is 10.6 Å². The Bertz CT molecular complexity index is 589. The lowest BCUT2D eigenvalue weighted by Crippen LogP contribution is -2.46. The van der Waals surface area contributed by atoms with Crippen molar-refractivity contribution in [1.82, 2.24) is 5.32 Å². The van der Waals surface area contributed by atoms with Crippen LogP contribution in [0.1, 0.15) is 27.7 Å². The number of rotatable bonds is 5. The molecule has 0 aliphatic heterocycles. The van der Waals surface area contributed by atoms with E-state index in [0.29, 0.717) is 0 Å². The smallest absolute Gasteiger partial charge is 0.313 e. The molecule has 1 aromatic rings. The molecular formula is C16H22F2N2O3. The standard InChI is InChI=1S/C16H22F2N2O3/c1-9(2)13(21)16(3,4)8-19-14(22)15(23)20-12-7-10(17)5-6-11(12)18/h5-7,9,13,21H,8H2,1-4H3,(H,19,22)(H,20,23). The Morgan fingerprint density at radius 3 is 2.39 bits per heavy atom. The first-order chi connectivity index (χ1) is 10.5. The monoisotopic (exact) mass is 328 g/mol. The van der Waals surface area contributed by atoms with Crippen LogP contribution in [0, 0.1) is 23.0 Å². The summed E-state index contributed by atoms with van der Waals surface area (Å²) < 4.78 is 26.4. The van der Waals surface area contributed by atoms with Gasteiger partial charge >= 0.3 is 11.8 Å². The Balaban J connectivity index is 2.64. The van der Waals surface area contributed by atoms with Gasteiger partial charge in [0.1, 0.15) is 11.6 Å². The molecule has 0 spiro atoms. The zero-order valence-corrected chi connectivity index (χ0v) is 13.6. The summed E-state index contributed by atoms with van der Waals surface area (Å²) in [6.45, 7) is 7.25. The molecular weight excluding hydrogens is 306 g/mol. The Morgan fingerprint density at radius 2 is 1.83 bits per heavy atom. The van der Waals surface area contributed by atoms with E-state index in [0.717, 1.165) is 18.2 Å². The summed E-state index contributed by atoms with van der Waals surface area (Å²) in [5.41, 5.74) is -1.06. The largest absolute Gasteiger partial charge is 0.392 e. The predicted molar refractivity (Wildman–Crippen MR) is 82.6 cm³/mol. The third-order valence-corrected chi connectivity index (χ3v) is 3.52. The maximum atomic E-state index is 13.4. The Kier molecular flexibility index (Phi) is 6.20.